The van der Waals surface area contributed by atoms with E-state index >= 15 is 0 Å². The van der Waals surface area contributed by atoms with Gasteiger partial charge in [0.25, 0.3) is 0 Å². The Morgan fingerprint density at radius 3 is 2.69 bits per heavy atom. The van der Waals surface area contributed by atoms with Gasteiger partial charge in [-0.3, -0.25) is 4.79 Å². The molecule has 2 aromatic heterocycles. The summed E-state index contributed by atoms with van der Waals surface area (Å²) in [5.41, 5.74) is 8.74. The van der Waals surface area contributed by atoms with Gasteiger partial charge in [0.1, 0.15) is 6.33 Å². The summed E-state index contributed by atoms with van der Waals surface area (Å²) in [6, 6.07) is 14.4. The first-order chi connectivity index (χ1) is 14.1. The van der Waals surface area contributed by atoms with Crippen molar-refractivity contribution in [1.82, 2.24) is 19.5 Å². The Balaban J connectivity index is 1.61. The van der Waals surface area contributed by atoms with Crippen LogP contribution in [-0.2, 0) is 11.3 Å². The number of carbonyl (C=O) groups excluding carboxylic acids is 1. The van der Waals surface area contributed by atoms with Gasteiger partial charge in [-0.05, 0) is 37.6 Å². The number of anilines is 2. The molecular formula is C21H22N6OS. The van der Waals surface area contributed by atoms with E-state index in [1.807, 2.05) is 31.2 Å². The van der Waals surface area contributed by atoms with Crippen LogP contribution in [0.3, 0.4) is 0 Å². The topological polar surface area (TPSA) is 98.7 Å². The molecule has 0 radical (unpaired) electrons. The van der Waals surface area contributed by atoms with Crippen LogP contribution >= 0.6 is 11.8 Å². The van der Waals surface area contributed by atoms with E-state index in [2.05, 4.69) is 50.0 Å². The molecule has 8 heteroatoms. The maximum atomic E-state index is 12.9. The van der Waals surface area contributed by atoms with E-state index in [0.717, 1.165) is 23.1 Å². The van der Waals surface area contributed by atoms with Gasteiger partial charge in [-0.15, -0.1) is 0 Å². The van der Waals surface area contributed by atoms with Crippen LogP contribution in [0.2, 0.25) is 0 Å². The van der Waals surface area contributed by atoms with Crippen molar-refractivity contribution in [3.8, 4) is 0 Å². The molecule has 7 nitrogen and oxygen atoms in total. The minimum atomic E-state index is -0.329. The molecule has 2 aromatic carbocycles. The highest BCUT2D eigenvalue weighted by atomic mass is 32.2. The average Bonchev–Trinajstić information content (AvgIpc) is 3.05. The number of hydrogen-bond donors (Lipinski definition) is 2. The Morgan fingerprint density at radius 1 is 1.14 bits per heavy atom. The van der Waals surface area contributed by atoms with Crippen molar-refractivity contribution in [2.45, 2.75) is 37.2 Å². The van der Waals surface area contributed by atoms with Crippen LogP contribution in [-0.4, -0.2) is 30.7 Å². The summed E-state index contributed by atoms with van der Waals surface area (Å²) in [5, 5.41) is 5.47. The molecule has 0 aliphatic carbocycles. The van der Waals surface area contributed by atoms with E-state index in [1.165, 1.54) is 29.0 Å². The lowest BCUT2D eigenvalue weighted by Gasteiger charge is -2.14. The summed E-state index contributed by atoms with van der Waals surface area (Å²) in [6.45, 7) is 4.98. The van der Waals surface area contributed by atoms with Gasteiger partial charge < -0.3 is 15.6 Å². The normalized spacial score (nSPS) is 12.3. The molecule has 29 heavy (non-hydrogen) atoms. The lowest BCUT2D eigenvalue weighted by atomic mass is 10.1. The number of hydrogen-bond acceptors (Lipinski definition) is 6. The molecule has 1 atom stereocenters. The molecule has 0 saturated carbocycles. The van der Waals surface area contributed by atoms with E-state index in [1.54, 1.807) is 0 Å². The number of nitrogens with one attached hydrogen (secondary N) is 1. The lowest BCUT2D eigenvalue weighted by molar-refractivity contribution is -0.115. The number of aryl methyl sites for hydroxylation is 1. The van der Waals surface area contributed by atoms with E-state index < -0.39 is 0 Å². The summed E-state index contributed by atoms with van der Waals surface area (Å²) in [5.74, 6) is 0.0607. The summed E-state index contributed by atoms with van der Waals surface area (Å²) >= 11 is 1.29. The summed E-state index contributed by atoms with van der Waals surface area (Å²) in [6.07, 6.45) is 1.99. The highest BCUT2D eigenvalue weighted by molar-refractivity contribution is 8.00. The van der Waals surface area contributed by atoms with Crippen LogP contribution < -0.4 is 11.1 Å². The van der Waals surface area contributed by atoms with Crippen LogP contribution in [0.15, 0.2) is 53.9 Å². The van der Waals surface area contributed by atoms with Crippen LogP contribution in [0.5, 0.6) is 0 Å². The maximum Gasteiger partial charge on any atom is 0.237 e. The van der Waals surface area contributed by atoms with Crippen LogP contribution in [0, 0.1) is 0 Å². The number of nitrogens with zero attached hydrogens (tertiary/aromatic N) is 4. The highest BCUT2D eigenvalue weighted by Crippen LogP contribution is 2.31. The van der Waals surface area contributed by atoms with Crippen molar-refractivity contribution in [3.63, 3.8) is 0 Å². The molecule has 1 unspecified atom stereocenters. The predicted molar refractivity (Wildman–Crippen MR) is 118 cm³/mol. The predicted octanol–water partition coefficient (Wildman–Crippen LogP) is 4.09. The van der Waals surface area contributed by atoms with Gasteiger partial charge in [-0.1, -0.05) is 36.9 Å². The molecule has 0 spiro atoms. The number of rotatable bonds is 6. The number of amides is 1. The Morgan fingerprint density at radius 2 is 1.93 bits per heavy atom. The van der Waals surface area contributed by atoms with Crippen LogP contribution in [0.4, 0.5) is 11.6 Å². The zero-order valence-electron chi connectivity index (χ0n) is 16.3. The Kier molecular flexibility index (Phi) is 5.35. The molecular weight excluding hydrogens is 384 g/mol. The van der Waals surface area contributed by atoms with Gasteiger partial charge in [0.05, 0.1) is 5.25 Å². The molecule has 1 amide bonds. The third-order valence-electron chi connectivity index (χ3n) is 4.84. The van der Waals surface area contributed by atoms with Crippen molar-refractivity contribution in [1.29, 1.82) is 0 Å². The maximum absolute atomic E-state index is 12.9. The fraction of sp³-hybridized carbons (Fsp3) is 0.238. The van der Waals surface area contributed by atoms with Crippen LogP contribution in [0.1, 0.15) is 20.3 Å². The van der Waals surface area contributed by atoms with E-state index in [0.29, 0.717) is 11.6 Å². The second-order valence-electron chi connectivity index (χ2n) is 6.62. The SMILES string of the molecule is CCC(Sc1ncnc(N)n1)C(=O)Nc1ccc2c(c1)c1ccccc1n2CC. The summed E-state index contributed by atoms with van der Waals surface area (Å²) in [7, 11) is 0. The molecule has 0 bridgehead atoms. The standard InChI is InChI=1S/C21H22N6OS/c1-3-18(29-21-24-12-23-20(22)26-21)19(28)25-13-9-10-17-15(11-13)14-7-5-6-8-16(14)27(17)4-2/h5-12,18H,3-4H2,1-2H3,(H,25,28)(H2,22,23,24,26). The molecule has 2 heterocycles. The van der Waals surface area contributed by atoms with Crippen molar-refractivity contribution in [2.24, 2.45) is 0 Å². The number of nitrogen functional groups attached to an aromatic ring is 1. The smallest absolute Gasteiger partial charge is 0.237 e. The van der Waals surface area contributed by atoms with Gasteiger partial charge in [0.2, 0.25) is 11.9 Å². The number of thioether (sulfide) groups is 1. The second kappa shape index (κ2) is 8.08. The van der Waals surface area contributed by atoms with Gasteiger partial charge in [0, 0.05) is 34.0 Å². The summed E-state index contributed by atoms with van der Waals surface area (Å²) in [4.78, 5) is 24.8. The van der Waals surface area contributed by atoms with Gasteiger partial charge in [0.15, 0.2) is 5.16 Å². The molecule has 0 aliphatic heterocycles. The van der Waals surface area contributed by atoms with Gasteiger partial charge in [-0.25, -0.2) is 9.97 Å². The first-order valence-electron chi connectivity index (χ1n) is 9.53. The van der Waals surface area contributed by atoms with Crippen LogP contribution in [0.25, 0.3) is 21.8 Å². The first-order valence-corrected chi connectivity index (χ1v) is 10.4. The highest BCUT2D eigenvalue weighted by Gasteiger charge is 2.20. The molecule has 4 aromatic rings. The largest absolute Gasteiger partial charge is 0.368 e. The minimum absolute atomic E-state index is 0.0879. The number of fused-ring (bicyclic) bond motifs is 3. The van der Waals surface area contributed by atoms with Crippen molar-refractivity contribution >= 4 is 51.1 Å². The average molecular weight is 407 g/mol. The van der Waals surface area contributed by atoms with Crippen molar-refractivity contribution in [2.75, 3.05) is 11.1 Å². The monoisotopic (exact) mass is 406 g/mol. The van der Waals surface area contributed by atoms with Crippen molar-refractivity contribution in [3.05, 3.63) is 48.8 Å². The zero-order chi connectivity index (χ0) is 20.4. The number of nitrogens with two attached hydrogens (primary N) is 1. The molecule has 3 N–H and O–H groups in total. The quantitative estimate of drug-likeness (QED) is 0.468. The number of para-hydroxylation sites is 1. The number of carbonyl (C=O) groups is 1. The Labute approximate surface area is 172 Å². The fourth-order valence-electron chi connectivity index (χ4n) is 3.49. The van der Waals surface area contributed by atoms with Crippen molar-refractivity contribution < 1.29 is 4.79 Å². The molecule has 0 saturated heterocycles. The third kappa shape index (κ3) is 3.75. The lowest BCUT2D eigenvalue weighted by Crippen LogP contribution is -2.24. The molecule has 4 rings (SSSR count). The number of aromatic nitrogens is 4. The third-order valence-corrected chi connectivity index (χ3v) is 6.07. The minimum Gasteiger partial charge on any atom is -0.368 e. The Bertz CT molecular complexity index is 1190. The van der Waals surface area contributed by atoms with Gasteiger partial charge >= 0.3 is 0 Å². The number of benzene rings is 2. The van der Waals surface area contributed by atoms with E-state index in [4.69, 9.17) is 5.73 Å². The molecule has 0 fully saturated rings. The zero-order valence-corrected chi connectivity index (χ0v) is 17.1. The van der Waals surface area contributed by atoms with E-state index in [9.17, 15) is 4.79 Å². The van der Waals surface area contributed by atoms with Gasteiger partial charge in [-0.2, -0.15) is 4.98 Å². The second-order valence-corrected chi connectivity index (χ2v) is 7.79. The Hall–Kier alpha value is -3.13. The summed E-state index contributed by atoms with van der Waals surface area (Å²) < 4.78 is 2.28. The van der Waals surface area contributed by atoms with E-state index in [-0.39, 0.29) is 17.1 Å². The fourth-order valence-corrected chi connectivity index (χ4v) is 4.34. The first kappa shape index (κ1) is 19.2. The molecule has 148 valence electrons. The molecule has 0 aliphatic rings.